The highest BCUT2D eigenvalue weighted by Crippen LogP contribution is 2.31. The third-order valence-electron chi connectivity index (χ3n) is 6.75. The first kappa shape index (κ1) is 22.3. The summed E-state index contributed by atoms with van der Waals surface area (Å²) in [6.45, 7) is 12.1. The molecule has 0 bridgehead atoms. The van der Waals surface area contributed by atoms with Crippen LogP contribution in [0.25, 0.3) is 0 Å². The molecule has 4 rings (SSSR count). The van der Waals surface area contributed by atoms with E-state index in [1.807, 2.05) is 26.0 Å². The summed E-state index contributed by atoms with van der Waals surface area (Å²) in [5.41, 5.74) is 4.34. The molecule has 6 nitrogen and oxygen atoms in total. The normalized spacial score (nSPS) is 17.1. The smallest absolute Gasteiger partial charge is 0.263 e. The van der Waals surface area contributed by atoms with E-state index < -0.39 is 0 Å². The summed E-state index contributed by atoms with van der Waals surface area (Å²) < 4.78 is 2.13. The second-order valence-corrected chi connectivity index (χ2v) is 8.74. The molecule has 1 fully saturated rings. The van der Waals surface area contributed by atoms with Crippen LogP contribution in [0.2, 0.25) is 0 Å². The molecule has 1 aromatic heterocycles. The number of piperazine rings is 1. The molecule has 0 radical (unpaired) electrons. The van der Waals surface area contributed by atoms with Gasteiger partial charge in [0.25, 0.3) is 11.8 Å². The number of carbonyl (C=O) groups excluding carboxylic acids is 2. The quantitative estimate of drug-likeness (QED) is 0.467. The molecule has 0 aliphatic carbocycles. The van der Waals surface area contributed by atoms with Crippen LogP contribution >= 0.6 is 0 Å². The number of unbranched alkanes of at least 4 members (excludes halogenated alkanes) is 1. The van der Waals surface area contributed by atoms with Crippen LogP contribution in [-0.2, 0) is 6.54 Å². The highest BCUT2D eigenvalue weighted by molar-refractivity contribution is 6.22. The van der Waals surface area contributed by atoms with E-state index in [2.05, 4.69) is 51.6 Å². The molecule has 2 aliphatic rings. The largest absolute Gasteiger partial charge is 0.369 e. The van der Waals surface area contributed by atoms with Crippen LogP contribution in [0.4, 0.5) is 5.69 Å². The van der Waals surface area contributed by atoms with Gasteiger partial charge in [-0.3, -0.25) is 19.4 Å². The van der Waals surface area contributed by atoms with Crippen LogP contribution < -0.4 is 4.90 Å². The Labute approximate surface area is 191 Å². The number of imide groups is 1. The molecule has 2 aromatic rings. The van der Waals surface area contributed by atoms with Crippen LogP contribution in [0.1, 0.15) is 51.9 Å². The molecular weight excluding hydrogens is 400 g/mol. The van der Waals surface area contributed by atoms with Crippen molar-refractivity contribution in [2.75, 3.05) is 44.2 Å². The fourth-order valence-corrected chi connectivity index (χ4v) is 4.82. The van der Waals surface area contributed by atoms with Crippen molar-refractivity contribution >= 4 is 17.5 Å². The van der Waals surface area contributed by atoms with Crippen LogP contribution in [0.15, 0.2) is 42.5 Å². The summed E-state index contributed by atoms with van der Waals surface area (Å²) in [5, 5.41) is 0. The SMILES string of the molecule is CCCCn1c(C)c2c(c1C)C(=O)N(C/C=C/CN1CCN(c3ccccc3)CC1)C2=O. The van der Waals surface area contributed by atoms with E-state index in [9.17, 15) is 9.59 Å². The average Bonchev–Trinajstić information content (AvgIpc) is 3.22. The Kier molecular flexibility index (Phi) is 6.80. The maximum atomic E-state index is 13.0. The summed E-state index contributed by atoms with van der Waals surface area (Å²) in [6, 6.07) is 10.5. The standard InChI is InChI=1S/C26H34N4O2/c1-4-5-14-29-20(2)23-24(21(29)3)26(32)30(25(23)31)15-10-9-13-27-16-18-28(19-17-27)22-11-7-6-8-12-22/h6-12H,4-5,13-19H2,1-3H3/b10-9+. The Morgan fingerprint density at radius 2 is 1.44 bits per heavy atom. The van der Waals surface area contributed by atoms with E-state index in [0.29, 0.717) is 17.7 Å². The first-order valence-corrected chi connectivity index (χ1v) is 11.8. The summed E-state index contributed by atoms with van der Waals surface area (Å²) >= 11 is 0. The number of benzene rings is 1. The van der Waals surface area contributed by atoms with Crippen molar-refractivity contribution in [1.29, 1.82) is 0 Å². The molecular formula is C26H34N4O2. The molecule has 170 valence electrons. The first-order chi connectivity index (χ1) is 15.5. The van der Waals surface area contributed by atoms with Crippen LogP contribution in [0.5, 0.6) is 0 Å². The number of rotatable bonds is 8. The molecule has 6 heteroatoms. The maximum absolute atomic E-state index is 13.0. The van der Waals surface area contributed by atoms with E-state index in [-0.39, 0.29) is 11.8 Å². The lowest BCUT2D eigenvalue weighted by Gasteiger charge is -2.35. The predicted octanol–water partition coefficient (Wildman–Crippen LogP) is 3.88. The molecule has 0 unspecified atom stereocenters. The van der Waals surface area contributed by atoms with Gasteiger partial charge in [0, 0.05) is 62.9 Å². The number of carbonyl (C=O) groups is 2. The lowest BCUT2D eigenvalue weighted by atomic mass is 10.1. The summed E-state index contributed by atoms with van der Waals surface area (Å²) in [7, 11) is 0. The zero-order chi connectivity index (χ0) is 22.7. The number of nitrogens with zero attached hydrogens (tertiary/aromatic N) is 4. The van der Waals surface area contributed by atoms with E-state index in [1.54, 1.807) is 0 Å². The highest BCUT2D eigenvalue weighted by atomic mass is 16.2. The summed E-state index contributed by atoms with van der Waals surface area (Å²) in [4.78, 5) is 32.2. The number of fused-ring (bicyclic) bond motifs is 1. The van der Waals surface area contributed by atoms with Gasteiger partial charge in [0.05, 0.1) is 11.1 Å². The Hall–Kier alpha value is -2.86. The van der Waals surface area contributed by atoms with Crippen molar-refractivity contribution < 1.29 is 9.59 Å². The Bertz CT molecular complexity index is 961. The van der Waals surface area contributed by atoms with Gasteiger partial charge in [-0.1, -0.05) is 43.7 Å². The number of aromatic nitrogens is 1. The molecule has 0 atom stereocenters. The zero-order valence-corrected chi connectivity index (χ0v) is 19.5. The van der Waals surface area contributed by atoms with Gasteiger partial charge in [0.2, 0.25) is 0 Å². The lowest BCUT2D eigenvalue weighted by molar-refractivity contribution is 0.0669. The summed E-state index contributed by atoms with van der Waals surface area (Å²) in [5.74, 6) is -0.302. The number of para-hydroxylation sites is 1. The number of hydrogen-bond donors (Lipinski definition) is 0. The zero-order valence-electron chi connectivity index (χ0n) is 19.5. The van der Waals surface area contributed by atoms with Gasteiger partial charge in [-0.25, -0.2) is 0 Å². The molecule has 32 heavy (non-hydrogen) atoms. The van der Waals surface area contributed by atoms with Gasteiger partial charge in [0.15, 0.2) is 0 Å². The van der Waals surface area contributed by atoms with Crippen molar-refractivity contribution in [2.45, 2.75) is 40.2 Å². The third kappa shape index (κ3) is 4.24. The van der Waals surface area contributed by atoms with Gasteiger partial charge in [-0.05, 0) is 32.4 Å². The van der Waals surface area contributed by atoms with Gasteiger partial charge in [-0.2, -0.15) is 0 Å². The van der Waals surface area contributed by atoms with Crippen molar-refractivity contribution in [1.82, 2.24) is 14.4 Å². The van der Waals surface area contributed by atoms with Crippen molar-refractivity contribution in [3.05, 3.63) is 65.0 Å². The maximum Gasteiger partial charge on any atom is 0.263 e. The predicted molar refractivity (Wildman–Crippen MR) is 128 cm³/mol. The second-order valence-electron chi connectivity index (χ2n) is 8.74. The Balaban J connectivity index is 1.30. The molecule has 1 saturated heterocycles. The molecule has 0 N–H and O–H groups in total. The third-order valence-corrected chi connectivity index (χ3v) is 6.75. The van der Waals surface area contributed by atoms with Crippen LogP contribution in [0, 0.1) is 13.8 Å². The number of amides is 2. The molecule has 3 heterocycles. The van der Waals surface area contributed by atoms with E-state index in [0.717, 1.165) is 63.5 Å². The molecule has 2 amide bonds. The molecule has 0 saturated carbocycles. The van der Waals surface area contributed by atoms with E-state index >= 15 is 0 Å². The second kappa shape index (κ2) is 9.74. The monoisotopic (exact) mass is 434 g/mol. The van der Waals surface area contributed by atoms with Crippen molar-refractivity contribution in [3.63, 3.8) is 0 Å². The first-order valence-electron chi connectivity index (χ1n) is 11.8. The number of anilines is 1. The van der Waals surface area contributed by atoms with Crippen LogP contribution in [-0.4, -0.2) is 65.4 Å². The fourth-order valence-electron chi connectivity index (χ4n) is 4.82. The van der Waals surface area contributed by atoms with Crippen LogP contribution in [0.3, 0.4) is 0 Å². The summed E-state index contributed by atoms with van der Waals surface area (Å²) in [6.07, 6.45) is 6.18. The Morgan fingerprint density at radius 1 is 0.844 bits per heavy atom. The van der Waals surface area contributed by atoms with Crippen molar-refractivity contribution in [3.8, 4) is 0 Å². The minimum Gasteiger partial charge on any atom is -0.369 e. The molecule has 0 spiro atoms. The van der Waals surface area contributed by atoms with Gasteiger partial charge in [0.1, 0.15) is 0 Å². The molecule has 1 aromatic carbocycles. The highest BCUT2D eigenvalue weighted by Gasteiger charge is 2.40. The number of hydrogen-bond acceptors (Lipinski definition) is 4. The average molecular weight is 435 g/mol. The van der Waals surface area contributed by atoms with E-state index in [4.69, 9.17) is 0 Å². The fraction of sp³-hybridized carbons (Fsp3) is 0.462. The van der Waals surface area contributed by atoms with Gasteiger partial charge < -0.3 is 9.47 Å². The lowest BCUT2D eigenvalue weighted by Crippen LogP contribution is -2.46. The van der Waals surface area contributed by atoms with Crippen molar-refractivity contribution in [2.24, 2.45) is 0 Å². The minimum atomic E-state index is -0.151. The topological polar surface area (TPSA) is 48.8 Å². The molecule has 2 aliphatic heterocycles. The van der Waals surface area contributed by atoms with Gasteiger partial charge in [-0.15, -0.1) is 0 Å². The Morgan fingerprint density at radius 3 is 2.03 bits per heavy atom. The van der Waals surface area contributed by atoms with E-state index in [1.165, 1.54) is 10.6 Å². The van der Waals surface area contributed by atoms with Gasteiger partial charge >= 0.3 is 0 Å². The minimum absolute atomic E-state index is 0.151.